The van der Waals surface area contributed by atoms with Gasteiger partial charge in [-0.25, -0.2) is 0 Å². The molecule has 0 amide bonds. The first-order valence-corrected chi connectivity index (χ1v) is 4.88. The van der Waals surface area contributed by atoms with E-state index in [0.29, 0.717) is 6.10 Å². The summed E-state index contributed by atoms with van der Waals surface area (Å²) in [5.74, 6) is 0. The Morgan fingerprint density at radius 1 is 1.54 bits per heavy atom. The number of rotatable bonds is 2. The molecular formula is C11H15NO. The van der Waals surface area contributed by atoms with Crippen LogP contribution >= 0.6 is 0 Å². The van der Waals surface area contributed by atoms with Crippen LogP contribution in [-0.4, -0.2) is 17.7 Å². The van der Waals surface area contributed by atoms with Crippen LogP contribution in [0.15, 0.2) is 18.3 Å². The summed E-state index contributed by atoms with van der Waals surface area (Å²) >= 11 is 0. The van der Waals surface area contributed by atoms with Gasteiger partial charge in [0.15, 0.2) is 0 Å². The van der Waals surface area contributed by atoms with Crippen molar-refractivity contribution in [2.75, 3.05) is 6.61 Å². The molecule has 0 bridgehead atoms. The minimum Gasteiger partial charge on any atom is -0.378 e. The zero-order valence-corrected chi connectivity index (χ0v) is 7.99. The second kappa shape index (κ2) is 3.88. The Morgan fingerprint density at radius 2 is 2.46 bits per heavy atom. The minimum absolute atomic E-state index is 0.435. The van der Waals surface area contributed by atoms with Crippen LogP contribution in [0, 0.1) is 6.92 Å². The van der Waals surface area contributed by atoms with Gasteiger partial charge in [0.25, 0.3) is 0 Å². The van der Waals surface area contributed by atoms with Gasteiger partial charge < -0.3 is 4.74 Å². The van der Waals surface area contributed by atoms with E-state index in [1.54, 1.807) is 0 Å². The zero-order valence-electron chi connectivity index (χ0n) is 7.99. The van der Waals surface area contributed by atoms with Crippen LogP contribution in [0.4, 0.5) is 0 Å². The quantitative estimate of drug-likeness (QED) is 0.690. The Bertz CT molecular complexity index is 262. The van der Waals surface area contributed by atoms with E-state index in [0.717, 1.165) is 18.7 Å². The molecule has 1 aromatic heterocycles. The van der Waals surface area contributed by atoms with E-state index in [4.69, 9.17) is 4.74 Å². The summed E-state index contributed by atoms with van der Waals surface area (Å²) in [7, 11) is 0. The molecule has 0 spiro atoms. The molecule has 0 saturated carbocycles. The molecule has 1 aliphatic rings. The van der Waals surface area contributed by atoms with Gasteiger partial charge in [-0.15, -0.1) is 0 Å². The molecule has 0 radical (unpaired) electrons. The van der Waals surface area contributed by atoms with Gasteiger partial charge in [-0.2, -0.15) is 0 Å². The van der Waals surface area contributed by atoms with Crippen LogP contribution in [0.1, 0.15) is 24.1 Å². The van der Waals surface area contributed by atoms with Gasteiger partial charge in [-0.1, -0.05) is 6.07 Å². The Balaban J connectivity index is 1.97. The van der Waals surface area contributed by atoms with Crippen molar-refractivity contribution in [1.29, 1.82) is 0 Å². The summed E-state index contributed by atoms with van der Waals surface area (Å²) < 4.78 is 5.56. The van der Waals surface area contributed by atoms with Gasteiger partial charge in [0.1, 0.15) is 0 Å². The van der Waals surface area contributed by atoms with E-state index in [1.165, 1.54) is 18.4 Å². The Hall–Kier alpha value is -0.890. The molecular weight excluding hydrogens is 162 g/mol. The van der Waals surface area contributed by atoms with Crippen LogP contribution in [-0.2, 0) is 11.2 Å². The minimum atomic E-state index is 0.435. The molecule has 1 aromatic rings. The summed E-state index contributed by atoms with van der Waals surface area (Å²) in [5, 5.41) is 0. The van der Waals surface area contributed by atoms with Gasteiger partial charge in [0.05, 0.1) is 6.10 Å². The van der Waals surface area contributed by atoms with Gasteiger partial charge in [-0.05, 0) is 31.4 Å². The molecule has 2 heteroatoms. The first-order chi connectivity index (χ1) is 6.34. The van der Waals surface area contributed by atoms with Gasteiger partial charge in [0.2, 0.25) is 0 Å². The van der Waals surface area contributed by atoms with Crippen LogP contribution in [0.25, 0.3) is 0 Å². The first-order valence-electron chi connectivity index (χ1n) is 4.88. The van der Waals surface area contributed by atoms with E-state index in [9.17, 15) is 0 Å². The normalized spacial score (nSPS) is 22.1. The molecule has 1 aliphatic heterocycles. The highest BCUT2D eigenvalue weighted by Crippen LogP contribution is 2.16. The molecule has 2 nitrogen and oxygen atoms in total. The van der Waals surface area contributed by atoms with Crippen LogP contribution in [0.2, 0.25) is 0 Å². The largest absolute Gasteiger partial charge is 0.378 e. The fourth-order valence-electron chi connectivity index (χ4n) is 1.69. The third-order valence-corrected chi connectivity index (χ3v) is 2.46. The van der Waals surface area contributed by atoms with Crippen LogP contribution in [0.3, 0.4) is 0 Å². The average molecular weight is 177 g/mol. The van der Waals surface area contributed by atoms with Crippen LogP contribution in [0.5, 0.6) is 0 Å². The topological polar surface area (TPSA) is 22.1 Å². The summed E-state index contributed by atoms with van der Waals surface area (Å²) in [6.45, 7) is 2.94. The Morgan fingerprint density at radius 3 is 3.08 bits per heavy atom. The first kappa shape index (κ1) is 8.70. The molecule has 1 unspecified atom stereocenters. The predicted octanol–water partition coefficient (Wildman–Crippen LogP) is 2.11. The molecule has 13 heavy (non-hydrogen) atoms. The van der Waals surface area contributed by atoms with E-state index in [1.807, 2.05) is 13.1 Å². The lowest BCUT2D eigenvalue weighted by molar-refractivity contribution is 0.111. The molecule has 1 saturated heterocycles. The number of aromatic nitrogens is 1. The van der Waals surface area contributed by atoms with Crippen molar-refractivity contribution < 1.29 is 4.74 Å². The molecule has 0 N–H and O–H groups in total. The van der Waals surface area contributed by atoms with Crippen molar-refractivity contribution in [3.05, 3.63) is 29.6 Å². The molecule has 2 rings (SSSR count). The maximum Gasteiger partial charge on any atom is 0.0616 e. The highest BCUT2D eigenvalue weighted by atomic mass is 16.5. The molecule has 70 valence electrons. The van der Waals surface area contributed by atoms with E-state index >= 15 is 0 Å². The predicted molar refractivity (Wildman–Crippen MR) is 51.7 cm³/mol. The number of pyridine rings is 1. The highest BCUT2D eigenvalue weighted by Gasteiger charge is 2.15. The maximum absolute atomic E-state index is 5.56. The van der Waals surface area contributed by atoms with Crippen molar-refractivity contribution in [2.24, 2.45) is 0 Å². The number of nitrogens with zero attached hydrogens (tertiary/aromatic N) is 1. The number of hydrogen-bond acceptors (Lipinski definition) is 2. The number of ether oxygens (including phenoxy) is 1. The van der Waals surface area contributed by atoms with Crippen molar-refractivity contribution in [3.63, 3.8) is 0 Å². The molecule has 1 atom stereocenters. The van der Waals surface area contributed by atoms with Gasteiger partial charge in [0, 0.05) is 24.9 Å². The fraction of sp³-hybridized carbons (Fsp3) is 0.545. The lowest BCUT2D eigenvalue weighted by Crippen LogP contribution is -2.08. The molecule has 1 fully saturated rings. The Kier molecular flexibility index (Phi) is 2.60. The highest BCUT2D eigenvalue weighted by molar-refractivity contribution is 5.14. The second-order valence-corrected chi connectivity index (χ2v) is 3.65. The standard InChI is InChI=1S/C11H15NO/c1-9-4-5-10(8-12-9)7-11-3-2-6-13-11/h4-5,8,11H,2-3,6-7H2,1H3. The third-order valence-electron chi connectivity index (χ3n) is 2.46. The second-order valence-electron chi connectivity index (χ2n) is 3.65. The zero-order chi connectivity index (χ0) is 9.10. The lowest BCUT2D eigenvalue weighted by atomic mass is 10.1. The van der Waals surface area contributed by atoms with Crippen molar-refractivity contribution >= 4 is 0 Å². The van der Waals surface area contributed by atoms with E-state index < -0.39 is 0 Å². The SMILES string of the molecule is Cc1ccc(CC2CCCO2)cn1. The fourth-order valence-corrected chi connectivity index (χ4v) is 1.69. The summed E-state index contributed by atoms with van der Waals surface area (Å²) in [6, 6.07) is 4.20. The van der Waals surface area contributed by atoms with Crippen molar-refractivity contribution in [1.82, 2.24) is 4.98 Å². The number of hydrogen-bond donors (Lipinski definition) is 0. The van der Waals surface area contributed by atoms with Crippen LogP contribution < -0.4 is 0 Å². The molecule has 2 heterocycles. The third kappa shape index (κ3) is 2.28. The molecule has 0 aromatic carbocycles. The van der Waals surface area contributed by atoms with E-state index in [2.05, 4.69) is 17.1 Å². The van der Waals surface area contributed by atoms with Gasteiger partial charge >= 0.3 is 0 Å². The summed E-state index contributed by atoms with van der Waals surface area (Å²) in [5.41, 5.74) is 2.37. The average Bonchev–Trinajstić information content (AvgIpc) is 2.62. The monoisotopic (exact) mass is 177 g/mol. The maximum atomic E-state index is 5.56. The number of aryl methyl sites for hydroxylation is 1. The Labute approximate surface area is 78.9 Å². The summed E-state index contributed by atoms with van der Waals surface area (Å²) in [6.07, 6.45) is 5.83. The molecule has 0 aliphatic carbocycles. The summed E-state index contributed by atoms with van der Waals surface area (Å²) in [4.78, 5) is 4.27. The van der Waals surface area contributed by atoms with Gasteiger partial charge in [-0.3, -0.25) is 4.98 Å². The van der Waals surface area contributed by atoms with E-state index in [-0.39, 0.29) is 0 Å². The van der Waals surface area contributed by atoms with Crippen molar-refractivity contribution in [2.45, 2.75) is 32.3 Å². The smallest absolute Gasteiger partial charge is 0.0616 e. The lowest BCUT2D eigenvalue weighted by Gasteiger charge is -2.08. The van der Waals surface area contributed by atoms with Crippen molar-refractivity contribution in [3.8, 4) is 0 Å².